The van der Waals surface area contributed by atoms with Crippen LogP contribution in [0.1, 0.15) is 18.4 Å². The van der Waals surface area contributed by atoms with Gasteiger partial charge in [-0.05, 0) is 53.9 Å². The van der Waals surface area contributed by atoms with E-state index in [0.717, 1.165) is 29.5 Å². The van der Waals surface area contributed by atoms with E-state index in [0.29, 0.717) is 5.88 Å². The summed E-state index contributed by atoms with van der Waals surface area (Å²) in [5.41, 5.74) is 1.16. The highest BCUT2D eigenvalue weighted by atomic mass is 79.9. The van der Waals surface area contributed by atoms with Crippen LogP contribution in [0, 0.1) is 6.92 Å². The molecule has 3 nitrogen and oxygen atoms in total. The van der Waals surface area contributed by atoms with E-state index < -0.39 is 0 Å². The Hall–Kier alpha value is -0.610. The Morgan fingerprint density at radius 1 is 1.60 bits per heavy atom. The standard InChI is InChI=1S/C11H15BrN2O/c1-8-4-6-14-11(10(8)12)15-9-3-2-5-13-7-9/h4,6,9,13H,2-3,5,7H2,1H3. The normalized spacial score (nSPS) is 21.3. The van der Waals surface area contributed by atoms with E-state index in [4.69, 9.17) is 4.74 Å². The number of pyridine rings is 1. The number of nitrogens with one attached hydrogen (secondary N) is 1. The molecule has 0 aliphatic carbocycles. The zero-order chi connectivity index (χ0) is 10.7. The number of hydrogen-bond donors (Lipinski definition) is 1. The molecule has 1 saturated heterocycles. The molecule has 1 N–H and O–H groups in total. The maximum atomic E-state index is 5.85. The second-order valence-corrected chi connectivity index (χ2v) is 4.63. The Morgan fingerprint density at radius 2 is 2.47 bits per heavy atom. The molecule has 1 aliphatic rings. The van der Waals surface area contributed by atoms with Crippen LogP contribution >= 0.6 is 15.9 Å². The summed E-state index contributed by atoms with van der Waals surface area (Å²) < 4.78 is 6.81. The van der Waals surface area contributed by atoms with Gasteiger partial charge >= 0.3 is 0 Å². The van der Waals surface area contributed by atoms with Gasteiger partial charge in [0.2, 0.25) is 5.88 Å². The third kappa shape index (κ3) is 2.69. The predicted molar refractivity (Wildman–Crippen MR) is 63.2 cm³/mol. The van der Waals surface area contributed by atoms with Crippen molar-refractivity contribution in [1.29, 1.82) is 0 Å². The first kappa shape index (κ1) is 10.9. The van der Waals surface area contributed by atoms with Crippen molar-refractivity contribution in [2.45, 2.75) is 25.9 Å². The van der Waals surface area contributed by atoms with Gasteiger partial charge < -0.3 is 10.1 Å². The highest BCUT2D eigenvalue weighted by Crippen LogP contribution is 2.26. The fourth-order valence-corrected chi connectivity index (χ4v) is 2.00. The van der Waals surface area contributed by atoms with Crippen molar-refractivity contribution in [3.05, 3.63) is 22.3 Å². The summed E-state index contributed by atoms with van der Waals surface area (Å²) >= 11 is 3.50. The van der Waals surface area contributed by atoms with E-state index in [1.165, 1.54) is 6.42 Å². The fraction of sp³-hybridized carbons (Fsp3) is 0.545. The molecule has 1 unspecified atom stereocenters. The quantitative estimate of drug-likeness (QED) is 0.896. The second-order valence-electron chi connectivity index (χ2n) is 3.83. The molecule has 0 spiro atoms. The van der Waals surface area contributed by atoms with Crippen LogP contribution in [0.2, 0.25) is 0 Å². The fourth-order valence-electron chi connectivity index (χ4n) is 1.68. The molecule has 1 aromatic rings. The van der Waals surface area contributed by atoms with Gasteiger partial charge in [0.1, 0.15) is 6.10 Å². The molecule has 2 heterocycles. The maximum absolute atomic E-state index is 5.85. The number of rotatable bonds is 2. The Kier molecular flexibility index (Phi) is 3.59. The lowest BCUT2D eigenvalue weighted by molar-refractivity contribution is 0.159. The van der Waals surface area contributed by atoms with E-state index in [2.05, 4.69) is 26.2 Å². The molecule has 1 atom stereocenters. The molecule has 0 saturated carbocycles. The van der Waals surface area contributed by atoms with E-state index in [1.54, 1.807) is 6.20 Å². The number of piperidine rings is 1. The number of halogens is 1. The van der Waals surface area contributed by atoms with Gasteiger partial charge in [-0.1, -0.05) is 0 Å². The number of aromatic nitrogens is 1. The molecule has 82 valence electrons. The van der Waals surface area contributed by atoms with Crippen LogP contribution in [0.25, 0.3) is 0 Å². The van der Waals surface area contributed by atoms with Crippen LogP contribution in [0.15, 0.2) is 16.7 Å². The zero-order valence-electron chi connectivity index (χ0n) is 8.79. The first-order valence-corrected chi connectivity index (χ1v) is 6.05. The van der Waals surface area contributed by atoms with Crippen LogP contribution in [0.5, 0.6) is 5.88 Å². The van der Waals surface area contributed by atoms with E-state index in [-0.39, 0.29) is 6.10 Å². The lowest BCUT2D eigenvalue weighted by atomic mass is 10.1. The number of hydrogen-bond acceptors (Lipinski definition) is 3. The van der Waals surface area contributed by atoms with Crippen molar-refractivity contribution in [2.75, 3.05) is 13.1 Å². The minimum atomic E-state index is 0.254. The maximum Gasteiger partial charge on any atom is 0.228 e. The molecule has 1 aromatic heterocycles. The van der Waals surface area contributed by atoms with Crippen molar-refractivity contribution < 1.29 is 4.74 Å². The van der Waals surface area contributed by atoms with Crippen molar-refractivity contribution in [3.63, 3.8) is 0 Å². The van der Waals surface area contributed by atoms with Gasteiger partial charge in [-0.3, -0.25) is 0 Å². The van der Waals surface area contributed by atoms with Crippen LogP contribution in [-0.4, -0.2) is 24.2 Å². The third-order valence-corrected chi connectivity index (χ3v) is 3.54. The lowest BCUT2D eigenvalue weighted by Crippen LogP contribution is -2.37. The molecule has 0 radical (unpaired) electrons. The highest BCUT2D eigenvalue weighted by molar-refractivity contribution is 9.10. The summed E-state index contributed by atoms with van der Waals surface area (Å²) in [5, 5.41) is 3.32. The van der Waals surface area contributed by atoms with Gasteiger partial charge in [0.05, 0.1) is 4.47 Å². The van der Waals surface area contributed by atoms with Crippen molar-refractivity contribution in [1.82, 2.24) is 10.3 Å². The molecule has 0 aromatic carbocycles. The summed E-state index contributed by atoms with van der Waals surface area (Å²) in [6, 6.07) is 1.97. The van der Waals surface area contributed by atoms with Crippen LogP contribution < -0.4 is 10.1 Å². The minimum Gasteiger partial charge on any atom is -0.472 e. The third-order valence-electron chi connectivity index (χ3n) is 2.58. The average Bonchev–Trinajstić information content (AvgIpc) is 2.26. The average molecular weight is 271 g/mol. The lowest BCUT2D eigenvalue weighted by Gasteiger charge is -2.23. The van der Waals surface area contributed by atoms with Gasteiger partial charge in [-0.2, -0.15) is 0 Å². The van der Waals surface area contributed by atoms with Crippen LogP contribution in [-0.2, 0) is 0 Å². The van der Waals surface area contributed by atoms with Crippen LogP contribution in [0.3, 0.4) is 0 Å². The van der Waals surface area contributed by atoms with E-state index in [9.17, 15) is 0 Å². The summed E-state index contributed by atoms with van der Waals surface area (Å²) in [7, 11) is 0. The molecular weight excluding hydrogens is 256 g/mol. The largest absolute Gasteiger partial charge is 0.472 e. The Bertz CT molecular complexity index is 337. The molecule has 4 heteroatoms. The Morgan fingerprint density at radius 3 is 3.20 bits per heavy atom. The SMILES string of the molecule is Cc1ccnc(OC2CCCNC2)c1Br. The number of aryl methyl sites for hydroxylation is 1. The van der Waals surface area contributed by atoms with Crippen LogP contribution in [0.4, 0.5) is 0 Å². The Balaban J connectivity index is 2.06. The van der Waals surface area contributed by atoms with Gasteiger partial charge in [-0.15, -0.1) is 0 Å². The zero-order valence-corrected chi connectivity index (χ0v) is 10.4. The van der Waals surface area contributed by atoms with E-state index >= 15 is 0 Å². The number of ether oxygens (including phenoxy) is 1. The summed E-state index contributed by atoms with van der Waals surface area (Å²) in [4.78, 5) is 4.24. The molecule has 15 heavy (non-hydrogen) atoms. The number of nitrogens with zero attached hydrogens (tertiary/aromatic N) is 1. The van der Waals surface area contributed by atoms with Crippen molar-refractivity contribution in [3.8, 4) is 5.88 Å². The molecule has 0 bridgehead atoms. The van der Waals surface area contributed by atoms with Gasteiger partial charge in [0.15, 0.2) is 0 Å². The van der Waals surface area contributed by atoms with Gasteiger partial charge in [0.25, 0.3) is 0 Å². The minimum absolute atomic E-state index is 0.254. The van der Waals surface area contributed by atoms with Crippen molar-refractivity contribution >= 4 is 15.9 Å². The molecule has 1 fully saturated rings. The van der Waals surface area contributed by atoms with Crippen molar-refractivity contribution in [2.24, 2.45) is 0 Å². The Labute approximate surface area is 98.4 Å². The summed E-state index contributed by atoms with van der Waals surface area (Å²) in [6.07, 6.45) is 4.32. The molecule has 2 rings (SSSR count). The van der Waals surface area contributed by atoms with Gasteiger partial charge in [-0.25, -0.2) is 4.98 Å². The second kappa shape index (κ2) is 4.94. The van der Waals surface area contributed by atoms with Gasteiger partial charge in [0, 0.05) is 12.7 Å². The summed E-state index contributed by atoms with van der Waals surface area (Å²) in [5.74, 6) is 0.712. The predicted octanol–water partition coefficient (Wildman–Crippen LogP) is 2.28. The monoisotopic (exact) mass is 270 g/mol. The smallest absolute Gasteiger partial charge is 0.228 e. The first-order chi connectivity index (χ1) is 7.27. The molecular formula is C11H15BrN2O. The highest BCUT2D eigenvalue weighted by Gasteiger charge is 2.16. The van der Waals surface area contributed by atoms with E-state index in [1.807, 2.05) is 13.0 Å². The first-order valence-electron chi connectivity index (χ1n) is 5.26. The molecule has 1 aliphatic heterocycles. The molecule has 0 amide bonds. The topological polar surface area (TPSA) is 34.1 Å². The summed E-state index contributed by atoms with van der Waals surface area (Å²) in [6.45, 7) is 4.06.